The summed E-state index contributed by atoms with van der Waals surface area (Å²) < 4.78 is 5.23. The lowest BCUT2D eigenvalue weighted by atomic mass is 10.2. The van der Waals surface area contributed by atoms with E-state index in [-0.39, 0.29) is 11.7 Å². The van der Waals surface area contributed by atoms with Crippen molar-refractivity contribution in [3.8, 4) is 0 Å². The van der Waals surface area contributed by atoms with E-state index in [1.54, 1.807) is 18.2 Å². The van der Waals surface area contributed by atoms with Crippen LogP contribution in [0.5, 0.6) is 0 Å². The van der Waals surface area contributed by atoms with E-state index in [0.29, 0.717) is 16.7 Å². The van der Waals surface area contributed by atoms with Gasteiger partial charge in [0.1, 0.15) is 5.52 Å². The molecule has 0 aliphatic heterocycles. The summed E-state index contributed by atoms with van der Waals surface area (Å²) in [7, 11) is 0. The van der Waals surface area contributed by atoms with E-state index in [1.165, 1.54) is 13.0 Å². The monoisotopic (exact) mass is 231 g/mol. The van der Waals surface area contributed by atoms with Crippen molar-refractivity contribution in [3.63, 3.8) is 0 Å². The van der Waals surface area contributed by atoms with Crippen LogP contribution in [0.1, 0.15) is 23.2 Å². The fraction of sp³-hybridized carbons (Fsp3) is 0.0833. The maximum Gasteiger partial charge on any atom is 0.328 e. The first-order valence-corrected chi connectivity index (χ1v) is 4.89. The Hall–Kier alpha value is -2.43. The molecule has 0 saturated carbocycles. The minimum absolute atomic E-state index is 0.0550. The van der Waals surface area contributed by atoms with Crippen molar-refractivity contribution in [3.05, 3.63) is 35.7 Å². The number of aromatic nitrogens is 1. The van der Waals surface area contributed by atoms with Gasteiger partial charge in [-0.05, 0) is 23.8 Å². The fourth-order valence-electron chi connectivity index (χ4n) is 1.36. The summed E-state index contributed by atoms with van der Waals surface area (Å²) in [4.78, 5) is 25.4. The number of carbonyl (C=O) groups excluding carboxylic acids is 1. The summed E-state index contributed by atoms with van der Waals surface area (Å²) in [5, 5.41) is 8.50. The second-order valence-electron chi connectivity index (χ2n) is 3.47. The van der Waals surface area contributed by atoms with E-state index in [4.69, 9.17) is 9.52 Å². The summed E-state index contributed by atoms with van der Waals surface area (Å²) in [5.41, 5.74) is 1.71. The highest BCUT2D eigenvalue weighted by molar-refractivity contribution is 5.92. The molecular weight excluding hydrogens is 222 g/mol. The maximum atomic E-state index is 11.1. The van der Waals surface area contributed by atoms with Crippen LogP contribution >= 0.6 is 0 Å². The lowest BCUT2D eigenvalue weighted by Gasteiger charge is -1.91. The number of aliphatic carboxylic acids is 1. The van der Waals surface area contributed by atoms with Crippen LogP contribution in [0.2, 0.25) is 0 Å². The fourth-order valence-corrected chi connectivity index (χ4v) is 1.36. The topological polar surface area (TPSA) is 80.4 Å². The molecule has 0 aliphatic carbocycles. The van der Waals surface area contributed by atoms with E-state index < -0.39 is 5.97 Å². The van der Waals surface area contributed by atoms with Crippen molar-refractivity contribution < 1.29 is 19.1 Å². The zero-order valence-electron chi connectivity index (χ0n) is 9.01. The number of hydrogen-bond donors (Lipinski definition) is 1. The van der Waals surface area contributed by atoms with Gasteiger partial charge in [-0.3, -0.25) is 4.79 Å². The molecule has 0 spiro atoms. The smallest absolute Gasteiger partial charge is 0.328 e. The number of carboxylic acid groups (broad SMARTS) is 1. The molecule has 2 aromatic rings. The molecule has 0 bridgehead atoms. The van der Waals surface area contributed by atoms with Crippen LogP contribution in [0.4, 0.5) is 0 Å². The lowest BCUT2D eigenvalue weighted by molar-refractivity contribution is -0.131. The first-order chi connectivity index (χ1) is 8.06. The van der Waals surface area contributed by atoms with Crippen molar-refractivity contribution in [2.75, 3.05) is 0 Å². The number of carboxylic acids is 1. The molecule has 1 heterocycles. The second kappa shape index (κ2) is 4.21. The molecule has 2 rings (SSSR count). The summed E-state index contributed by atoms with van der Waals surface area (Å²) in [5.74, 6) is -1.21. The zero-order valence-corrected chi connectivity index (χ0v) is 9.01. The van der Waals surface area contributed by atoms with Crippen molar-refractivity contribution in [2.45, 2.75) is 6.92 Å². The molecule has 0 unspecified atom stereocenters. The van der Waals surface area contributed by atoms with Gasteiger partial charge in [-0.1, -0.05) is 6.07 Å². The quantitative estimate of drug-likeness (QED) is 0.646. The standard InChI is InChI=1S/C12H9NO4/c1-7(14)12-13-9-4-2-8(3-5-11(15)16)6-10(9)17-12/h2-6H,1H3,(H,15,16)/b5-3+. The van der Waals surface area contributed by atoms with E-state index in [1.807, 2.05) is 0 Å². The highest BCUT2D eigenvalue weighted by Crippen LogP contribution is 2.18. The van der Waals surface area contributed by atoms with E-state index >= 15 is 0 Å². The molecule has 0 amide bonds. The Morgan fingerprint density at radius 3 is 2.82 bits per heavy atom. The molecule has 1 aromatic heterocycles. The lowest BCUT2D eigenvalue weighted by Crippen LogP contribution is -1.89. The number of fused-ring (bicyclic) bond motifs is 1. The van der Waals surface area contributed by atoms with E-state index in [2.05, 4.69) is 4.98 Å². The summed E-state index contributed by atoms with van der Waals surface area (Å²) >= 11 is 0. The Balaban J connectivity index is 2.43. The highest BCUT2D eigenvalue weighted by atomic mass is 16.4. The minimum Gasteiger partial charge on any atom is -0.478 e. The van der Waals surface area contributed by atoms with Crippen molar-refractivity contribution in [2.24, 2.45) is 0 Å². The van der Waals surface area contributed by atoms with Crippen molar-refractivity contribution >= 4 is 28.9 Å². The number of Topliss-reactive ketones (excluding diaryl/α,β-unsaturated/α-hetero) is 1. The number of oxazole rings is 1. The van der Waals surface area contributed by atoms with Gasteiger partial charge in [0.05, 0.1) is 0 Å². The van der Waals surface area contributed by atoms with Crippen LogP contribution in [0.25, 0.3) is 17.2 Å². The first-order valence-electron chi connectivity index (χ1n) is 4.89. The first kappa shape index (κ1) is 11.1. The average Bonchev–Trinajstić information content (AvgIpc) is 2.69. The average molecular weight is 231 g/mol. The third-order valence-corrected chi connectivity index (χ3v) is 2.13. The summed E-state index contributed by atoms with van der Waals surface area (Å²) in [6.07, 6.45) is 2.47. The third kappa shape index (κ3) is 2.39. The van der Waals surface area contributed by atoms with Gasteiger partial charge in [-0.15, -0.1) is 0 Å². The Morgan fingerprint density at radius 1 is 1.41 bits per heavy atom. The molecule has 0 fully saturated rings. The molecule has 86 valence electrons. The van der Waals surface area contributed by atoms with Crippen LogP contribution in [0.3, 0.4) is 0 Å². The molecule has 0 saturated heterocycles. The van der Waals surface area contributed by atoms with Gasteiger partial charge < -0.3 is 9.52 Å². The maximum absolute atomic E-state index is 11.1. The Labute approximate surface area is 96.4 Å². The molecule has 1 aromatic carbocycles. The Bertz CT molecular complexity index is 624. The molecule has 1 N–H and O–H groups in total. The van der Waals surface area contributed by atoms with Gasteiger partial charge in [0.2, 0.25) is 5.78 Å². The van der Waals surface area contributed by atoms with E-state index in [9.17, 15) is 9.59 Å². The van der Waals surface area contributed by atoms with Gasteiger partial charge in [0.25, 0.3) is 5.89 Å². The molecule has 0 aliphatic rings. The van der Waals surface area contributed by atoms with Gasteiger partial charge in [0, 0.05) is 13.0 Å². The van der Waals surface area contributed by atoms with Crippen LogP contribution in [-0.2, 0) is 4.79 Å². The zero-order chi connectivity index (χ0) is 12.4. The van der Waals surface area contributed by atoms with Crippen LogP contribution in [0, 0.1) is 0 Å². The molecule has 0 atom stereocenters. The second-order valence-corrected chi connectivity index (χ2v) is 3.47. The highest BCUT2D eigenvalue weighted by Gasteiger charge is 2.09. The number of rotatable bonds is 3. The summed E-state index contributed by atoms with van der Waals surface area (Å²) in [6.45, 7) is 1.37. The SMILES string of the molecule is CC(=O)c1nc2ccc(/C=C/C(=O)O)cc2o1. The summed E-state index contributed by atoms with van der Waals surface area (Å²) in [6, 6.07) is 5.01. The third-order valence-electron chi connectivity index (χ3n) is 2.13. The molecule has 5 heteroatoms. The number of ketones is 1. The van der Waals surface area contributed by atoms with Crippen molar-refractivity contribution in [1.29, 1.82) is 0 Å². The number of nitrogens with zero attached hydrogens (tertiary/aromatic N) is 1. The Kier molecular flexibility index (Phi) is 2.74. The predicted molar refractivity (Wildman–Crippen MR) is 60.7 cm³/mol. The number of hydrogen-bond acceptors (Lipinski definition) is 4. The van der Waals surface area contributed by atoms with Gasteiger partial charge in [-0.25, -0.2) is 9.78 Å². The van der Waals surface area contributed by atoms with Gasteiger partial charge in [0.15, 0.2) is 5.58 Å². The number of carbonyl (C=O) groups is 2. The largest absolute Gasteiger partial charge is 0.478 e. The van der Waals surface area contributed by atoms with Crippen molar-refractivity contribution in [1.82, 2.24) is 4.98 Å². The predicted octanol–water partition coefficient (Wildman–Crippen LogP) is 2.13. The van der Waals surface area contributed by atoms with Crippen LogP contribution in [0.15, 0.2) is 28.7 Å². The van der Waals surface area contributed by atoms with Crippen LogP contribution in [-0.4, -0.2) is 21.8 Å². The minimum atomic E-state index is -1.02. The molecule has 17 heavy (non-hydrogen) atoms. The molecule has 5 nitrogen and oxygen atoms in total. The van der Waals surface area contributed by atoms with Gasteiger partial charge >= 0.3 is 5.97 Å². The molecule has 0 radical (unpaired) electrons. The number of benzene rings is 1. The van der Waals surface area contributed by atoms with E-state index in [0.717, 1.165) is 6.08 Å². The normalized spacial score (nSPS) is 11.1. The van der Waals surface area contributed by atoms with Gasteiger partial charge in [-0.2, -0.15) is 0 Å². The molecular formula is C12H9NO4. The Morgan fingerprint density at radius 2 is 2.18 bits per heavy atom. The van der Waals surface area contributed by atoms with Crippen LogP contribution < -0.4 is 0 Å².